The molecule has 0 aliphatic carbocycles. The zero-order valence-electron chi connectivity index (χ0n) is 11.7. The third kappa shape index (κ3) is 4.51. The van der Waals surface area contributed by atoms with Gasteiger partial charge in [-0.05, 0) is 50.3 Å². The van der Waals surface area contributed by atoms with Crippen molar-refractivity contribution in [3.05, 3.63) is 34.4 Å². The summed E-state index contributed by atoms with van der Waals surface area (Å²) in [5.41, 5.74) is 5.28. The molecular formula is C16H26O. The van der Waals surface area contributed by atoms with Crippen molar-refractivity contribution >= 4 is 0 Å². The largest absolute Gasteiger partial charge is 0.393 e. The number of aryl methyl sites for hydroxylation is 3. The normalized spacial score (nSPS) is 12.8. The van der Waals surface area contributed by atoms with E-state index in [4.69, 9.17) is 0 Å². The standard InChI is InChI=1S/C16H26O/c1-5-6-7-8-15(17)11-16-13(3)9-12(2)10-14(16)4/h9-10,15,17H,5-8,11H2,1-4H3. The summed E-state index contributed by atoms with van der Waals surface area (Å²) in [5.74, 6) is 0. The molecule has 1 nitrogen and oxygen atoms in total. The molecule has 1 heteroatoms. The lowest BCUT2D eigenvalue weighted by atomic mass is 9.94. The minimum Gasteiger partial charge on any atom is -0.393 e. The van der Waals surface area contributed by atoms with Crippen LogP contribution in [0.3, 0.4) is 0 Å². The van der Waals surface area contributed by atoms with Crippen molar-refractivity contribution in [2.24, 2.45) is 0 Å². The second-order valence-electron chi connectivity index (χ2n) is 5.23. The SMILES string of the molecule is CCCCCC(O)Cc1c(C)cc(C)cc1C. The molecule has 0 aliphatic rings. The summed E-state index contributed by atoms with van der Waals surface area (Å²) in [7, 11) is 0. The third-order valence-corrected chi connectivity index (χ3v) is 3.42. The quantitative estimate of drug-likeness (QED) is 0.735. The van der Waals surface area contributed by atoms with E-state index in [-0.39, 0.29) is 6.10 Å². The first kappa shape index (κ1) is 14.2. The Morgan fingerprint density at radius 1 is 1.06 bits per heavy atom. The molecule has 0 bridgehead atoms. The molecule has 0 saturated carbocycles. The van der Waals surface area contributed by atoms with Crippen LogP contribution in [0.2, 0.25) is 0 Å². The second-order valence-corrected chi connectivity index (χ2v) is 5.23. The summed E-state index contributed by atoms with van der Waals surface area (Å²) >= 11 is 0. The molecule has 1 rings (SSSR count). The lowest BCUT2D eigenvalue weighted by Gasteiger charge is -2.15. The van der Waals surface area contributed by atoms with E-state index in [9.17, 15) is 5.11 Å². The molecule has 0 radical (unpaired) electrons. The summed E-state index contributed by atoms with van der Waals surface area (Å²) in [4.78, 5) is 0. The summed E-state index contributed by atoms with van der Waals surface area (Å²) in [6.07, 6.45) is 5.14. The average molecular weight is 234 g/mol. The smallest absolute Gasteiger partial charge is 0.0580 e. The van der Waals surface area contributed by atoms with Crippen LogP contribution in [0.4, 0.5) is 0 Å². The van der Waals surface area contributed by atoms with Crippen molar-refractivity contribution in [1.29, 1.82) is 0 Å². The highest BCUT2D eigenvalue weighted by atomic mass is 16.3. The molecule has 0 aromatic heterocycles. The minimum atomic E-state index is -0.179. The highest BCUT2D eigenvalue weighted by molar-refractivity contribution is 5.37. The maximum absolute atomic E-state index is 10.0. The van der Waals surface area contributed by atoms with E-state index < -0.39 is 0 Å². The molecule has 1 aromatic rings. The van der Waals surface area contributed by atoms with Crippen molar-refractivity contribution in [2.75, 3.05) is 0 Å². The van der Waals surface area contributed by atoms with Gasteiger partial charge in [-0.1, -0.05) is 43.9 Å². The number of unbranched alkanes of at least 4 members (excludes halogenated alkanes) is 2. The number of benzene rings is 1. The van der Waals surface area contributed by atoms with Gasteiger partial charge < -0.3 is 5.11 Å². The van der Waals surface area contributed by atoms with Crippen LogP contribution in [-0.4, -0.2) is 11.2 Å². The lowest BCUT2D eigenvalue weighted by Crippen LogP contribution is -2.12. The highest BCUT2D eigenvalue weighted by Crippen LogP contribution is 2.19. The summed E-state index contributed by atoms with van der Waals surface area (Å²) in [6, 6.07) is 4.42. The van der Waals surface area contributed by atoms with Crippen molar-refractivity contribution < 1.29 is 5.11 Å². The molecule has 0 amide bonds. The number of aliphatic hydroxyl groups is 1. The molecule has 1 atom stereocenters. The Hall–Kier alpha value is -0.820. The highest BCUT2D eigenvalue weighted by Gasteiger charge is 2.10. The number of rotatable bonds is 6. The van der Waals surface area contributed by atoms with Crippen LogP contribution in [0.5, 0.6) is 0 Å². The summed E-state index contributed by atoms with van der Waals surface area (Å²) < 4.78 is 0. The van der Waals surface area contributed by atoms with Gasteiger partial charge in [-0.2, -0.15) is 0 Å². The van der Waals surface area contributed by atoms with Gasteiger partial charge in [-0.3, -0.25) is 0 Å². The number of hydrogen-bond acceptors (Lipinski definition) is 1. The molecular weight excluding hydrogens is 208 g/mol. The second kappa shape index (κ2) is 6.80. The van der Waals surface area contributed by atoms with E-state index in [0.717, 1.165) is 19.3 Å². The molecule has 17 heavy (non-hydrogen) atoms. The van der Waals surface area contributed by atoms with Crippen molar-refractivity contribution in [3.63, 3.8) is 0 Å². The van der Waals surface area contributed by atoms with E-state index in [1.54, 1.807) is 0 Å². The molecule has 1 aromatic carbocycles. The van der Waals surface area contributed by atoms with Gasteiger partial charge in [0.05, 0.1) is 6.10 Å². The maximum Gasteiger partial charge on any atom is 0.0580 e. The topological polar surface area (TPSA) is 20.2 Å². The first-order chi connectivity index (χ1) is 8.04. The fourth-order valence-corrected chi connectivity index (χ4v) is 2.50. The predicted octanol–water partition coefficient (Wildman–Crippen LogP) is 4.10. The fraction of sp³-hybridized carbons (Fsp3) is 0.625. The van der Waals surface area contributed by atoms with E-state index in [1.165, 1.54) is 35.1 Å². The van der Waals surface area contributed by atoms with Crippen LogP contribution in [0.1, 0.15) is 54.9 Å². The summed E-state index contributed by atoms with van der Waals surface area (Å²) in [5, 5.41) is 10.0. The number of aliphatic hydroxyl groups excluding tert-OH is 1. The van der Waals surface area contributed by atoms with Gasteiger partial charge in [0.2, 0.25) is 0 Å². The van der Waals surface area contributed by atoms with Crippen LogP contribution < -0.4 is 0 Å². The predicted molar refractivity (Wildman–Crippen MR) is 74.5 cm³/mol. The van der Waals surface area contributed by atoms with Crippen LogP contribution in [0, 0.1) is 20.8 Å². The molecule has 0 heterocycles. The van der Waals surface area contributed by atoms with Crippen LogP contribution in [-0.2, 0) is 6.42 Å². The van der Waals surface area contributed by atoms with E-state index >= 15 is 0 Å². The van der Waals surface area contributed by atoms with E-state index in [0.29, 0.717) is 0 Å². The molecule has 0 aliphatic heterocycles. The van der Waals surface area contributed by atoms with Crippen molar-refractivity contribution in [2.45, 2.75) is 65.9 Å². The van der Waals surface area contributed by atoms with Gasteiger partial charge >= 0.3 is 0 Å². The Labute approximate surface area is 106 Å². The molecule has 0 spiro atoms. The molecule has 1 N–H and O–H groups in total. The zero-order valence-corrected chi connectivity index (χ0v) is 11.7. The third-order valence-electron chi connectivity index (χ3n) is 3.42. The van der Waals surface area contributed by atoms with Gasteiger partial charge in [0.1, 0.15) is 0 Å². The molecule has 1 unspecified atom stereocenters. The average Bonchev–Trinajstić information content (AvgIpc) is 2.24. The Bertz CT molecular complexity index is 332. The Balaban J connectivity index is 2.61. The van der Waals surface area contributed by atoms with Crippen LogP contribution in [0.15, 0.2) is 12.1 Å². The minimum absolute atomic E-state index is 0.179. The van der Waals surface area contributed by atoms with Gasteiger partial charge in [0, 0.05) is 0 Å². The molecule has 0 fully saturated rings. The Morgan fingerprint density at radius 3 is 2.18 bits per heavy atom. The molecule has 96 valence electrons. The fourth-order valence-electron chi connectivity index (χ4n) is 2.50. The molecule has 0 saturated heterocycles. The van der Waals surface area contributed by atoms with Crippen molar-refractivity contribution in [3.8, 4) is 0 Å². The first-order valence-corrected chi connectivity index (χ1v) is 6.79. The number of hydrogen-bond donors (Lipinski definition) is 1. The van der Waals surface area contributed by atoms with E-state index in [2.05, 4.69) is 39.8 Å². The first-order valence-electron chi connectivity index (χ1n) is 6.79. The maximum atomic E-state index is 10.0. The van der Waals surface area contributed by atoms with Crippen LogP contribution >= 0.6 is 0 Å². The summed E-state index contributed by atoms with van der Waals surface area (Å²) in [6.45, 7) is 8.62. The van der Waals surface area contributed by atoms with Gasteiger partial charge in [-0.25, -0.2) is 0 Å². The van der Waals surface area contributed by atoms with Crippen molar-refractivity contribution in [1.82, 2.24) is 0 Å². The van der Waals surface area contributed by atoms with Gasteiger partial charge in [-0.15, -0.1) is 0 Å². The van der Waals surface area contributed by atoms with E-state index in [1.807, 2.05) is 0 Å². The lowest BCUT2D eigenvalue weighted by molar-refractivity contribution is 0.161. The van der Waals surface area contributed by atoms with Gasteiger partial charge in [0.15, 0.2) is 0 Å². The van der Waals surface area contributed by atoms with Crippen LogP contribution in [0.25, 0.3) is 0 Å². The Kier molecular flexibility index (Phi) is 5.70. The van der Waals surface area contributed by atoms with Gasteiger partial charge in [0.25, 0.3) is 0 Å². The monoisotopic (exact) mass is 234 g/mol. The Morgan fingerprint density at radius 2 is 1.65 bits per heavy atom. The zero-order chi connectivity index (χ0) is 12.8.